The fourth-order valence-electron chi connectivity index (χ4n) is 1.53. The Morgan fingerprint density at radius 1 is 1.50 bits per heavy atom. The molecule has 0 saturated heterocycles. The van der Waals surface area contributed by atoms with Gasteiger partial charge < -0.3 is 10.8 Å². The van der Waals surface area contributed by atoms with Crippen LogP contribution in [0, 0.1) is 0 Å². The molecule has 3 N–H and O–H groups in total. The lowest BCUT2D eigenvalue weighted by molar-refractivity contribution is 0.103. The number of nitrogens with two attached hydrogens (primary N) is 1. The Morgan fingerprint density at radius 3 is 2.88 bits per heavy atom. The van der Waals surface area contributed by atoms with E-state index in [0.717, 1.165) is 4.47 Å². The standard InChI is InChI=1S/C11H11BrN2OS/c1-11(15,10-14-4-5-16-10)8-6-7(12)2-3-9(8)13/h2-6,15H,13H2,1H3. The highest BCUT2D eigenvalue weighted by atomic mass is 79.9. The van der Waals surface area contributed by atoms with E-state index in [9.17, 15) is 5.11 Å². The van der Waals surface area contributed by atoms with E-state index < -0.39 is 5.60 Å². The Balaban J connectivity index is 2.55. The van der Waals surface area contributed by atoms with Crippen molar-refractivity contribution in [3.05, 3.63) is 44.8 Å². The predicted octanol–water partition coefficient (Wildman–Crippen LogP) is 2.74. The highest BCUT2D eigenvalue weighted by Gasteiger charge is 2.30. The van der Waals surface area contributed by atoms with E-state index in [1.54, 1.807) is 19.2 Å². The van der Waals surface area contributed by atoms with Crippen molar-refractivity contribution >= 4 is 33.0 Å². The highest BCUT2D eigenvalue weighted by Crippen LogP contribution is 2.35. The second kappa shape index (κ2) is 4.16. The number of benzene rings is 1. The third-order valence-corrected chi connectivity index (χ3v) is 3.87. The molecular formula is C11H11BrN2OS. The Hall–Kier alpha value is -0.910. The maximum absolute atomic E-state index is 10.5. The summed E-state index contributed by atoms with van der Waals surface area (Å²) in [5.41, 5.74) is 5.95. The molecule has 2 rings (SSSR count). The first kappa shape index (κ1) is 11.6. The Bertz CT molecular complexity index is 497. The summed E-state index contributed by atoms with van der Waals surface area (Å²) >= 11 is 4.78. The molecule has 1 aromatic carbocycles. The SMILES string of the molecule is CC(O)(c1nccs1)c1cc(Br)ccc1N. The molecule has 0 radical (unpaired) electrons. The summed E-state index contributed by atoms with van der Waals surface area (Å²) in [7, 11) is 0. The van der Waals surface area contributed by atoms with Crippen molar-refractivity contribution in [2.24, 2.45) is 0 Å². The molecular weight excluding hydrogens is 288 g/mol. The Kier molecular flexibility index (Phi) is 3.01. The van der Waals surface area contributed by atoms with E-state index in [1.165, 1.54) is 11.3 Å². The van der Waals surface area contributed by atoms with E-state index in [0.29, 0.717) is 16.3 Å². The lowest BCUT2D eigenvalue weighted by atomic mass is 9.95. The van der Waals surface area contributed by atoms with Gasteiger partial charge in [-0.2, -0.15) is 0 Å². The number of aromatic nitrogens is 1. The summed E-state index contributed by atoms with van der Waals surface area (Å²) in [5.74, 6) is 0. The number of anilines is 1. The van der Waals surface area contributed by atoms with Gasteiger partial charge >= 0.3 is 0 Å². The van der Waals surface area contributed by atoms with Crippen molar-refractivity contribution in [1.82, 2.24) is 4.98 Å². The van der Waals surface area contributed by atoms with Crippen LogP contribution in [0.5, 0.6) is 0 Å². The van der Waals surface area contributed by atoms with E-state index >= 15 is 0 Å². The number of nitrogen functional groups attached to an aromatic ring is 1. The molecule has 0 amide bonds. The van der Waals surface area contributed by atoms with Crippen molar-refractivity contribution in [3.8, 4) is 0 Å². The molecule has 0 aliphatic heterocycles. The van der Waals surface area contributed by atoms with Crippen LogP contribution in [0.2, 0.25) is 0 Å². The molecule has 0 fully saturated rings. The van der Waals surface area contributed by atoms with Gasteiger partial charge in [0, 0.05) is 27.3 Å². The normalized spacial score (nSPS) is 14.7. The van der Waals surface area contributed by atoms with Crippen LogP contribution in [0.25, 0.3) is 0 Å². The van der Waals surface area contributed by atoms with E-state index in [-0.39, 0.29) is 0 Å². The third kappa shape index (κ3) is 1.98. The minimum absolute atomic E-state index is 0.559. The van der Waals surface area contributed by atoms with Gasteiger partial charge in [0.05, 0.1) is 0 Å². The van der Waals surface area contributed by atoms with Crippen LogP contribution in [0.4, 0.5) is 5.69 Å². The Morgan fingerprint density at radius 2 is 2.25 bits per heavy atom. The van der Waals surface area contributed by atoms with Crippen LogP contribution in [-0.4, -0.2) is 10.1 Å². The Labute approximate surface area is 106 Å². The van der Waals surface area contributed by atoms with Crippen molar-refractivity contribution < 1.29 is 5.11 Å². The van der Waals surface area contributed by atoms with E-state index in [4.69, 9.17) is 5.73 Å². The third-order valence-electron chi connectivity index (χ3n) is 2.39. The molecule has 1 aromatic heterocycles. The molecule has 0 spiro atoms. The van der Waals surface area contributed by atoms with Gasteiger partial charge in [0.15, 0.2) is 0 Å². The molecule has 5 heteroatoms. The van der Waals surface area contributed by atoms with Gasteiger partial charge in [-0.15, -0.1) is 11.3 Å². The largest absolute Gasteiger partial charge is 0.398 e. The van der Waals surface area contributed by atoms with Crippen molar-refractivity contribution in [1.29, 1.82) is 0 Å². The number of hydrogen-bond donors (Lipinski definition) is 2. The zero-order valence-corrected chi connectivity index (χ0v) is 11.0. The van der Waals surface area contributed by atoms with Crippen LogP contribution >= 0.6 is 27.3 Å². The molecule has 0 bridgehead atoms. The highest BCUT2D eigenvalue weighted by molar-refractivity contribution is 9.10. The average molecular weight is 299 g/mol. The lowest BCUT2D eigenvalue weighted by Crippen LogP contribution is -2.24. The first-order valence-corrected chi connectivity index (χ1v) is 6.37. The van der Waals surface area contributed by atoms with Gasteiger partial charge in [0.1, 0.15) is 10.6 Å². The monoisotopic (exact) mass is 298 g/mol. The molecule has 16 heavy (non-hydrogen) atoms. The summed E-state index contributed by atoms with van der Waals surface area (Å²) in [6.45, 7) is 1.70. The topological polar surface area (TPSA) is 59.1 Å². The fourth-order valence-corrected chi connectivity index (χ4v) is 2.60. The summed E-state index contributed by atoms with van der Waals surface area (Å²) in [6.07, 6.45) is 1.67. The van der Waals surface area contributed by atoms with Crippen molar-refractivity contribution in [3.63, 3.8) is 0 Å². The van der Waals surface area contributed by atoms with Crippen LogP contribution in [0.1, 0.15) is 17.5 Å². The van der Waals surface area contributed by atoms with Gasteiger partial charge in [-0.05, 0) is 25.1 Å². The molecule has 84 valence electrons. The van der Waals surface area contributed by atoms with Gasteiger partial charge in [0.2, 0.25) is 0 Å². The molecule has 2 aromatic rings. The second-order valence-electron chi connectivity index (χ2n) is 3.64. The lowest BCUT2D eigenvalue weighted by Gasteiger charge is -2.23. The maximum Gasteiger partial charge on any atom is 0.140 e. The molecule has 1 atom stereocenters. The number of nitrogens with zero attached hydrogens (tertiary/aromatic N) is 1. The smallest absolute Gasteiger partial charge is 0.140 e. The van der Waals surface area contributed by atoms with Gasteiger partial charge in [0.25, 0.3) is 0 Å². The van der Waals surface area contributed by atoms with Crippen molar-refractivity contribution in [2.75, 3.05) is 5.73 Å². The van der Waals surface area contributed by atoms with Crippen molar-refractivity contribution in [2.45, 2.75) is 12.5 Å². The van der Waals surface area contributed by atoms with Crippen LogP contribution in [0.3, 0.4) is 0 Å². The minimum Gasteiger partial charge on any atom is -0.398 e. The van der Waals surface area contributed by atoms with E-state index in [2.05, 4.69) is 20.9 Å². The number of halogens is 1. The van der Waals surface area contributed by atoms with Crippen LogP contribution < -0.4 is 5.73 Å². The van der Waals surface area contributed by atoms with Gasteiger partial charge in [-0.1, -0.05) is 15.9 Å². The van der Waals surface area contributed by atoms with E-state index in [1.807, 2.05) is 17.5 Å². The summed E-state index contributed by atoms with van der Waals surface area (Å²) in [5, 5.41) is 13.0. The summed E-state index contributed by atoms with van der Waals surface area (Å²) in [6, 6.07) is 5.43. The second-order valence-corrected chi connectivity index (χ2v) is 5.45. The summed E-state index contributed by atoms with van der Waals surface area (Å²) in [4.78, 5) is 4.13. The number of aliphatic hydroxyl groups is 1. The first-order chi connectivity index (χ1) is 7.51. The van der Waals surface area contributed by atoms with Crippen LogP contribution in [-0.2, 0) is 5.60 Å². The molecule has 0 aliphatic carbocycles. The van der Waals surface area contributed by atoms with Crippen LogP contribution in [0.15, 0.2) is 34.2 Å². The zero-order valence-electron chi connectivity index (χ0n) is 8.64. The molecule has 1 unspecified atom stereocenters. The zero-order chi connectivity index (χ0) is 11.8. The quantitative estimate of drug-likeness (QED) is 0.838. The fraction of sp³-hybridized carbons (Fsp3) is 0.182. The number of hydrogen-bond acceptors (Lipinski definition) is 4. The first-order valence-electron chi connectivity index (χ1n) is 4.69. The number of thiazole rings is 1. The molecule has 3 nitrogen and oxygen atoms in total. The average Bonchev–Trinajstić information content (AvgIpc) is 2.75. The molecule has 0 aliphatic rings. The summed E-state index contributed by atoms with van der Waals surface area (Å²) < 4.78 is 0.883. The number of rotatable bonds is 2. The van der Waals surface area contributed by atoms with Gasteiger partial charge in [-0.3, -0.25) is 0 Å². The minimum atomic E-state index is -1.15. The predicted molar refractivity (Wildman–Crippen MR) is 69.3 cm³/mol. The molecule has 1 heterocycles. The maximum atomic E-state index is 10.5. The van der Waals surface area contributed by atoms with Gasteiger partial charge in [-0.25, -0.2) is 4.98 Å². The molecule has 0 saturated carbocycles.